The maximum absolute atomic E-state index is 13.0. The summed E-state index contributed by atoms with van der Waals surface area (Å²) in [5.74, 6) is 0.180. The van der Waals surface area contributed by atoms with Crippen molar-refractivity contribution in [3.63, 3.8) is 0 Å². The van der Waals surface area contributed by atoms with E-state index in [9.17, 15) is 9.59 Å². The van der Waals surface area contributed by atoms with Gasteiger partial charge >= 0.3 is 0 Å². The molecule has 31 heavy (non-hydrogen) atoms. The minimum atomic E-state index is -0.803. The monoisotopic (exact) mass is 416 g/mol. The standard InChI is InChI=1S/C25H24N2O4/c28-24(22-12-7-17-30-22)26-19-13-15-20(16-14-19)27-25(29)23(18-8-3-1-4-9-18)31-21-10-5-2-6-11-21/h1-6,8-11,13-16,22-23H,7,12,17H2,(H,26,28)(H,27,29)/t22-,23+/m0/s1. The van der Waals surface area contributed by atoms with Gasteiger partial charge in [-0.15, -0.1) is 0 Å². The topological polar surface area (TPSA) is 76.7 Å². The van der Waals surface area contributed by atoms with E-state index in [1.165, 1.54) is 0 Å². The summed E-state index contributed by atoms with van der Waals surface area (Å²) < 4.78 is 11.4. The highest BCUT2D eigenvalue weighted by molar-refractivity contribution is 5.96. The molecule has 1 aliphatic heterocycles. The molecule has 0 bridgehead atoms. The quantitative estimate of drug-likeness (QED) is 0.592. The largest absolute Gasteiger partial charge is 0.476 e. The van der Waals surface area contributed by atoms with Crippen LogP contribution in [0.15, 0.2) is 84.9 Å². The number of hydrogen-bond acceptors (Lipinski definition) is 4. The Hall–Kier alpha value is -3.64. The van der Waals surface area contributed by atoms with Gasteiger partial charge in [0.1, 0.15) is 11.9 Å². The predicted octanol–water partition coefficient (Wildman–Crippen LogP) is 4.56. The van der Waals surface area contributed by atoms with Gasteiger partial charge in [0.05, 0.1) is 0 Å². The van der Waals surface area contributed by atoms with Gasteiger partial charge in [-0.3, -0.25) is 9.59 Å². The summed E-state index contributed by atoms with van der Waals surface area (Å²) in [5, 5.41) is 5.74. The van der Waals surface area contributed by atoms with Crippen molar-refractivity contribution in [3.8, 4) is 5.75 Å². The van der Waals surface area contributed by atoms with E-state index in [2.05, 4.69) is 10.6 Å². The van der Waals surface area contributed by atoms with Gasteiger partial charge in [-0.2, -0.15) is 0 Å². The Morgan fingerprint density at radius 2 is 1.45 bits per heavy atom. The number of carbonyl (C=O) groups excluding carboxylic acids is 2. The van der Waals surface area contributed by atoms with Crippen LogP contribution in [0.2, 0.25) is 0 Å². The maximum atomic E-state index is 13.0. The molecule has 1 fully saturated rings. The van der Waals surface area contributed by atoms with Crippen LogP contribution in [0, 0.1) is 0 Å². The third-order valence-corrected chi connectivity index (χ3v) is 4.98. The molecular formula is C25H24N2O4. The second-order valence-corrected chi connectivity index (χ2v) is 7.28. The molecule has 2 amide bonds. The van der Waals surface area contributed by atoms with Crippen molar-refractivity contribution >= 4 is 23.2 Å². The molecule has 0 saturated carbocycles. The second kappa shape index (κ2) is 9.91. The van der Waals surface area contributed by atoms with Crippen LogP contribution in [0.5, 0.6) is 5.75 Å². The Bertz CT molecular complexity index is 1000. The lowest BCUT2D eigenvalue weighted by atomic mass is 10.1. The number of carbonyl (C=O) groups is 2. The van der Waals surface area contributed by atoms with Crippen molar-refractivity contribution < 1.29 is 19.1 Å². The van der Waals surface area contributed by atoms with Crippen molar-refractivity contribution in [1.29, 1.82) is 0 Å². The first-order valence-corrected chi connectivity index (χ1v) is 10.3. The highest BCUT2D eigenvalue weighted by Crippen LogP contribution is 2.24. The smallest absolute Gasteiger partial charge is 0.270 e. The molecule has 0 aliphatic carbocycles. The molecule has 6 nitrogen and oxygen atoms in total. The molecule has 6 heteroatoms. The van der Waals surface area contributed by atoms with Gasteiger partial charge < -0.3 is 20.1 Å². The summed E-state index contributed by atoms with van der Waals surface area (Å²) in [6.07, 6.45) is 0.447. The molecular weight excluding hydrogens is 392 g/mol. The maximum Gasteiger partial charge on any atom is 0.270 e. The van der Waals surface area contributed by atoms with Crippen LogP contribution in [-0.4, -0.2) is 24.5 Å². The van der Waals surface area contributed by atoms with E-state index < -0.39 is 6.10 Å². The van der Waals surface area contributed by atoms with E-state index >= 15 is 0 Å². The van der Waals surface area contributed by atoms with Crippen LogP contribution in [0.4, 0.5) is 11.4 Å². The minimum absolute atomic E-state index is 0.144. The molecule has 2 atom stereocenters. The van der Waals surface area contributed by atoms with Crippen LogP contribution in [0.1, 0.15) is 24.5 Å². The molecule has 0 aromatic heterocycles. The van der Waals surface area contributed by atoms with E-state index in [0.717, 1.165) is 18.4 Å². The molecule has 158 valence electrons. The number of amides is 2. The van der Waals surface area contributed by atoms with Crippen LogP contribution < -0.4 is 15.4 Å². The summed E-state index contributed by atoms with van der Waals surface area (Å²) in [6, 6.07) is 25.6. The lowest BCUT2D eigenvalue weighted by Gasteiger charge is -2.19. The van der Waals surface area contributed by atoms with Gasteiger partial charge in [-0.05, 0) is 49.2 Å². The summed E-state index contributed by atoms with van der Waals surface area (Å²) in [7, 11) is 0. The number of anilines is 2. The fourth-order valence-corrected chi connectivity index (χ4v) is 3.39. The van der Waals surface area contributed by atoms with Gasteiger partial charge in [0, 0.05) is 23.5 Å². The van der Waals surface area contributed by atoms with Gasteiger partial charge in [-0.25, -0.2) is 0 Å². The first-order valence-electron chi connectivity index (χ1n) is 10.3. The van der Waals surface area contributed by atoms with Gasteiger partial charge in [0.15, 0.2) is 0 Å². The molecule has 3 aromatic carbocycles. The van der Waals surface area contributed by atoms with Crippen LogP contribution >= 0.6 is 0 Å². The number of rotatable bonds is 7. The molecule has 0 unspecified atom stereocenters. The van der Waals surface area contributed by atoms with Crippen molar-refractivity contribution in [2.75, 3.05) is 17.2 Å². The van der Waals surface area contributed by atoms with Crippen molar-refractivity contribution in [2.24, 2.45) is 0 Å². The predicted molar refractivity (Wildman–Crippen MR) is 119 cm³/mol. The number of nitrogens with one attached hydrogen (secondary N) is 2. The Labute approximate surface area is 181 Å². The summed E-state index contributed by atoms with van der Waals surface area (Å²) >= 11 is 0. The molecule has 1 aliphatic rings. The van der Waals surface area contributed by atoms with E-state index in [-0.39, 0.29) is 17.9 Å². The second-order valence-electron chi connectivity index (χ2n) is 7.28. The SMILES string of the molecule is O=C(Nc1ccc(NC(=O)[C@H](Oc2ccccc2)c2ccccc2)cc1)[C@@H]1CCCO1. The molecule has 1 heterocycles. The number of benzene rings is 3. The van der Waals surface area contributed by atoms with Crippen molar-refractivity contribution in [3.05, 3.63) is 90.5 Å². The molecule has 0 spiro atoms. The third-order valence-electron chi connectivity index (χ3n) is 4.98. The number of para-hydroxylation sites is 1. The van der Waals surface area contributed by atoms with Crippen molar-refractivity contribution in [2.45, 2.75) is 25.0 Å². The highest BCUT2D eigenvalue weighted by Gasteiger charge is 2.24. The summed E-state index contributed by atoms with van der Waals surface area (Å²) in [4.78, 5) is 25.2. The fraction of sp³-hybridized carbons (Fsp3) is 0.200. The van der Waals surface area contributed by atoms with E-state index in [1.54, 1.807) is 24.3 Å². The molecule has 1 saturated heterocycles. The highest BCUT2D eigenvalue weighted by atomic mass is 16.5. The number of ether oxygens (including phenoxy) is 2. The third kappa shape index (κ3) is 5.49. The molecule has 2 N–H and O–H groups in total. The van der Waals surface area contributed by atoms with Gasteiger partial charge in [-0.1, -0.05) is 48.5 Å². The van der Waals surface area contributed by atoms with Gasteiger partial charge in [0.25, 0.3) is 11.8 Å². The summed E-state index contributed by atoms with van der Waals surface area (Å²) in [6.45, 7) is 0.622. The van der Waals surface area contributed by atoms with Crippen LogP contribution in [0.3, 0.4) is 0 Å². The minimum Gasteiger partial charge on any atom is -0.476 e. The normalized spacial score (nSPS) is 16.3. The molecule has 3 aromatic rings. The Morgan fingerprint density at radius 1 is 0.839 bits per heavy atom. The Kier molecular flexibility index (Phi) is 6.59. The zero-order valence-corrected chi connectivity index (χ0v) is 17.0. The Balaban J connectivity index is 1.43. The van der Waals surface area contributed by atoms with Crippen molar-refractivity contribution in [1.82, 2.24) is 0 Å². The fourth-order valence-electron chi connectivity index (χ4n) is 3.39. The van der Waals surface area contributed by atoms with E-state index in [0.29, 0.717) is 23.7 Å². The lowest BCUT2D eigenvalue weighted by Crippen LogP contribution is -2.27. The first-order chi connectivity index (χ1) is 15.2. The molecule has 0 radical (unpaired) electrons. The Morgan fingerprint density at radius 3 is 2.06 bits per heavy atom. The zero-order chi connectivity index (χ0) is 21.5. The number of hydrogen-bond donors (Lipinski definition) is 2. The van der Waals surface area contributed by atoms with Crippen LogP contribution in [0.25, 0.3) is 0 Å². The van der Waals surface area contributed by atoms with Crippen LogP contribution in [-0.2, 0) is 14.3 Å². The lowest BCUT2D eigenvalue weighted by molar-refractivity contribution is -0.124. The van der Waals surface area contributed by atoms with E-state index in [4.69, 9.17) is 9.47 Å². The first kappa shape index (κ1) is 20.6. The zero-order valence-electron chi connectivity index (χ0n) is 17.0. The average molecular weight is 416 g/mol. The van der Waals surface area contributed by atoms with Gasteiger partial charge in [0.2, 0.25) is 6.10 Å². The molecule has 4 rings (SSSR count). The average Bonchev–Trinajstić information content (AvgIpc) is 3.35. The summed E-state index contributed by atoms with van der Waals surface area (Å²) in [5.41, 5.74) is 2.01. The van der Waals surface area contributed by atoms with E-state index in [1.807, 2.05) is 60.7 Å².